The number of benzene rings is 2. The van der Waals surface area contributed by atoms with Gasteiger partial charge < -0.3 is 14.8 Å². The first kappa shape index (κ1) is 22.9. The fourth-order valence-corrected chi connectivity index (χ4v) is 5.69. The average Bonchev–Trinajstić information content (AvgIpc) is 3.30. The molecule has 0 spiro atoms. The van der Waals surface area contributed by atoms with Gasteiger partial charge in [-0.15, -0.1) is 0 Å². The summed E-state index contributed by atoms with van der Waals surface area (Å²) in [7, 11) is 0. The fourth-order valence-electron chi connectivity index (χ4n) is 4.85. The molecule has 7 heteroatoms. The van der Waals surface area contributed by atoms with Crippen molar-refractivity contribution in [1.29, 1.82) is 0 Å². The average molecular weight is 507 g/mol. The predicted molar refractivity (Wildman–Crippen MR) is 144 cm³/mol. The maximum atomic E-state index is 6.61. The number of aromatic nitrogens is 2. The molecule has 2 atom stereocenters. The van der Waals surface area contributed by atoms with Gasteiger partial charge in [-0.1, -0.05) is 41.4 Å². The van der Waals surface area contributed by atoms with E-state index in [0.29, 0.717) is 15.2 Å². The summed E-state index contributed by atoms with van der Waals surface area (Å²) >= 11 is 18.6. The second kappa shape index (κ2) is 9.06. The Morgan fingerprint density at radius 2 is 1.76 bits per heavy atom. The van der Waals surface area contributed by atoms with Crippen LogP contribution in [-0.4, -0.2) is 14.7 Å². The third kappa shape index (κ3) is 3.98. The lowest BCUT2D eigenvalue weighted by Gasteiger charge is -2.28. The zero-order valence-corrected chi connectivity index (χ0v) is 21.4. The van der Waals surface area contributed by atoms with Crippen LogP contribution in [0.4, 0.5) is 5.69 Å². The molecule has 1 N–H and O–H groups in total. The highest BCUT2D eigenvalue weighted by atomic mass is 35.5. The molecule has 2 aromatic heterocycles. The van der Waals surface area contributed by atoms with E-state index < -0.39 is 0 Å². The molecule has 34 heavy (non-hydrogen) atoms. The molecular formula is C27H24Cl2N4S. The molecule has 1 aliphatic heterocycles. The van der Waals surface area contributed by atoms with Gasteiger partial charge in [0.15, 0.2) is 5.11 Å². The highest BCUT2D eigenvalue weighted by Crippen LogP contribution is 2.44. The Morgan fingerprint density at radius 1 is 0.941 bits per heavy atom. The van der Waals surface area contributed by atoms with Gasteiger partial charge in [0, 0.05) is 28.3 Å². The van der Waals surface area contributed by atoms with Crippen LogP contribution in [0.2, 0.25) is 10.0 Å². The van der Waals surface area contributed by atoms with E-state index in [4.69, 9.17) is 35.4 Å². The van der Waals surface area contributed by atoms with Crippen LogP contribution < -0.4 is 10.2 Å². The third-order valence-corrected chi connectivity index (χ3v) is 7.17. The molecule has 1 aliphatic rings. The molecular weight excluding hydrogens is 483 g/mol. The second-order valence-corrected chi connectivity index (χ2v) is 9.82. The van der Waals surface area contributed by atoms with Crippen molar-refractivity contribution < 1.29 is 0 Å². The molecule has 0 saturated carbocycles. The molecule has 0 aliphatic carbocycles. The van der Waals surface area contributed by atoms with Crippen LogP contribution in [0.15, 0.2) is 72.9 Å². The van der Waals surface area contributed by atoms with Gasteiger partial charge in [0.2, 0.25) is 0 Å². The number of nitrogens with zero attached hydrogens (tertiary/aromatic N) is 3. The Morgan fingerprint density at radius 3 is 2.47 bits per heavy atom. The molecule has 1 fully saturated rings. The van der Waals surface area contributed by atoms with Crippen LogP contribution >= 0.6 is 35.4 Å². The van der Waals surface area contributed by atoms with Crippen molar-refractivity contribution in [1.82, 2.24) is 14.9 Å². The van der Waals surface area contributed by atoms with E-state index in [1.54, 1.807) is 6.07 Å². The van der Waals surface area contributed by atoms with Crippen LogP contribution in [-0.2, 0) is 0 Å². The number of aryl methyl sites for hydroxylation is 2. The lowest BCUT2D eigenvalue weighted by atomic mass is 9.96. The van der Waals surface area contributed by atoms with Gasteiger partial charge in [-0.05, 0) is 92.6 Å². The first-order valence-electron chi connectivity index (χ1n) is 11.1. The Bertz CT molecular complexity index is 1380. The summed E-state index contributed by atoms with van der Waals surface area (Å²) in [5.74, 6) is 0. The van der Waals surface area contributed by atoms with Gasteiger partial charge in [-0.25, -0.2) is 0 Å². The van der Waals surface area contributed by atoms with E-state index in [-0.39, 0.29) is 12.1 Å². The fraction of sp³-hybridized carbons (Fsp3) is 0.185. The number of hydrogen-bond donors (Lipinski definition) is 1. The summed E-state index contributed by atoms with van der Waals surface area (Å²) in [6.45, 7) is 6.31. The normalized spacial score (nSPS) is 17.8. The van der Waals surface area contributed by atoms with Crippen molar-refractivity contribution in [2.24, 2.45) is 0 Å². The number of thiocarbonyl (C=S) groups is 1. The van der Waals surface area contributed by atoms with Crippen LogP contribution in [0, 0.1) is 20.8 Å². The lowest BCUT2D eigenvalue weighted by molar-refractivity contribution is 0.565. The zero-order valence-electron chi connectivity index (χ0n) is 19.1. The Labute approximate surface area is 215 Å². The summed E-state index contributed by atoms with van der Waals surface area (Å²) < 4.78 is 2.18. The van der Waals surface area contributed by atoms with E-state index in [1.807, 2.05) is 36.5 Å². The quantitative estimate of drug-likeness (QED) is 0.294. The highest BCUT2D eigenvalue weighted by Gasteiger charge is 2.42. The number of anilines is 1. The number of pyridine rings is 1. The number of hydrogen-bond acceptors (Lipinski definition) is 2. The minimum absolute atomic E-state index is 0.0878. The van der Waals surface area contributed by atoms with Crippen molar-refractivity contribution in [2.75, 3.05) is 4.90 Å². The van der Waals surface area contributed by atoms with Crippen LogP contribution in [0.25, 0.3) is 5.69 Å². The summed E-state index contributed by atoms with van der Waals surface area (Å²) in [5, 5.41) is 5.45. The molecule has 4 nitrogen and oxygen atoms in total. The molecule has 4 aromatic rings. The molecule has 0 bridgehead atoms. The molecule has 2 aromatic carbocycles. The Hall–Kier alpha value is -2.86. The molecule has 5 rings (SSSR count). The standard InChI is InChI=1S/C27H24Cl2N4S/c1-16-7-6-8-20(13-16)33-26(25(31-27(33)34)23-9-4-5-12-30-23)21-14-17(2)32(18(21)3)24-11-10-19(28)15-22(24)29/h4-15,25-26H,1-3H3,(H,31,34)/t25-,26+/m0/s1. The van der Waals surface area contributed by atoms with Crippen molar-refractivity contribution in [3.8, 4) is 5.69 Å². The SMILES string of the molecule is Cc1cccc(N2C(=S)N[C@@H](c3ccccn3)[C@H]2c2cc(C)n(-c3ccc(Cl)cc3Cl)c2C)c1. The summed E-state index contributed by atoms with van der Waals surface area (Å²) in [5.41, 5.74) is 7.41. The molecule has 172 valence electrons. The first-order chi connectivity index (χ1) is 16.3. The monoisotopic (exact) mass is 506 g/mol. The maximum Gasteiger partial charge on any atom is 0.174 e. The molecule has 3 heterocycles. The van der Waals surface area contributed by atoms with Gasteiger partial charge >= 0.3 is 0 Å². The highest BCUT2D eigenvalue weighted by molar-refractivity contribution is 7.80. The lowest BCUT2D eigenvalue weighted by Crippen LogP contribution is -2.29. The van der Waals surface area contributed by atoms with Gasteiger partial charge in [0.05, 0.1) is 28.5 Å². The van der Waals surface area contributed by atoms with Crippen LogP contribution in [0.5, 0.6) is 0 Å². The number of nitrogens with one attached hydrogen (secondary N) is 1. The minimum atomic E-state index is -0.108. The molecule has 1 saturated heterocycles. The van der Waals surface area contributed by atoms with E-state index in [2.05, 4.69) is 70.9 Å². The zero-order chi connectivity index (χ0) is 24.0. The van der Waals surface area contributed by atoms with Crippen LogP contribution in [0.1, 0.15) is 40.3 Å². The van der Waals surface area contributed by atoms with Gasteiger partial charge in [0.1, 0.15) is 0 Å². The third-order valence-electron chi connectivity index (χ3n) is 6.32. The van der Waals surface area contributed by atoms with Crippen molar-refractivity contribution in [3.63, 3.8) is 0 Å². The largest absolute Gasteiger partial charge is 0.351 e. The van der Waals surface area contributed by atoms with E-state index in [9.17, 15) is 0 Å². The minimum Gasteiger partial charge on any atom is -0.351 e. The van der Waals surface area contributed by atoms with Gasteiger partial charge in [-0.3, -0.25) is 4.98 Å². The van der Waals surface area contributed by atoms with Crippen molar-refractivity contribution in [3.05, 3.63) is 111 Å². The summed E-state index contributed by atoms with van der Waals surface area (Å²) in [6, 6.07) is 22.0. The van der Waals surface area contributed by atoms with Gasteiger partial charge in [-0.2, -0.15) is 0 Å². The smallest absolute Gasteiger partial charge is 0.174 e. The maximum absolute atomic E-state index is 6.61. The van der Waals surface area contributed by atoms with E-state index in [1.165, 1.54) is 5.56 Å². The number of halogens is 2. The van der Waals surface area contributed by atoms with Gasteiger partial charge in [0.25, 0.3) is 0 Å². The molecule has 0 unspecified atom stereocenters. The van der Waals surface area contributed by atoms with Crippen molar-refractivity contribution in [2.45, 2.75) is 32.9 Å². The molecule has 0 radical (unpaired) electrons. The predicted octanol–water partition coefficient (Wildman–Crippen LogP) is 7.28. The van der Waals surface area contributed by atoms with E-state index in [0.717, 1.165) is 34.0 Å². The number of rotatable bonds is 4. The first-order valence-corrected chi connectivity index (χ1v) is 12.2. The molecule has 0 amide bonds. The Balaban J connectivity index is 1.70. The summed E-state index contributed by atoms with van der Waals surface area (Å²) in [4.78, 5) is 6.87. The Kier molecular flexibility index (Phi) is 6.11. The topological polar surface area (TPSA) is 33.1 Å². The second-order valence-electron chi connectivity index (χ2n) is 8.59. The van der Waals surface area contributed by atoms with E-state index >= 15 is 0 Å². The van der Waals surface area contributed by atoms with Crippen LogP contribution in [0.3, 0.4) is 0 Å². The summed E-state index contributed by atoms with van der Waals surface area (Å²) in [6.07, 6.45) is 1.82. The van der Waals surface area contributed by atoms with Crippen molar-refractivity contribution >= 4 is 46.2 Å².